The number of aliphatic hydroxyl groups excluding tert-OH is 1. The van der Waals surface area contributed by atoms with Gasteiger partial charge in [0.25, 0.3) is 5.91 Å². The molecule has 6 nitrogen and oxygen atoms in total. The van der Waals surface area contributed by atoms with Crippen LogP contribution in [0.3, 0.4) is 0 Å². The highest BCUT2D eigenvalue weighted by Crippen LogP contribution is 2.33. The average Bonchev–Trinajstić information content (AvgIpc) is 2.69. The van der Waals surface area contributed by atoms with Crippen molar-refractivity contribution in [2.45, 2.75) is 19.4 Å². The number of aliphatic hydroxyl groups is 1. The van der Waals surface area contributed by atoms with Crippen LogP contribution in [0.2, 0.25) is 0 Å². The van der Waals surface area contributed by atoms with Gasteiger partial charge in [0.2, 0.25) is 0 Å². The maximum atomic E-state index is 14.2. The Morgan fingerprint density at radius 1 is 1.28 bits per heavy atom. The molecular formula is C22H19FN2O4. The number of β-amino-alcohol motifs (C(OH)–C–C–N with tert-alkyl or cyclic N) is 1. The van der Waals surface area contributed by atoms with Gasteiger partial charge in [-0.05, 0) is 48.4 Å². The molecule has 0 bridgehead atoms. The lowest BCUT2D eigenvalue weighted by molar-refractivity contribution is -0.107. The van der Waals surface area contributed by atoms with Gasteiger partial charge in [0.1, 0.15) is 23.6 Å². The normalized spacial score (nSPS) is 14.0. The number of carbonyl (C=O) groups is 2. The number of pyridine rings is 1. The van der Waals surface area contributed by atoms with Crippen LogP contribution in [0.4, 0.5) is 4.39 Å². The predicted octanol–water partition coefficient (Wildman–Crippen LogP) is 3.03. The molecule has 0 unspecified atom stereocenters. The van der Waals surface area contributed by atoms with E-state index in [1.54, 1.807) is 48.4 Å². The van der Waals surface area contributed by atoms with E-state index < -0.39 is 11.9 Å². The molecule has 29 heavy (non-hydrogen) atoms. The number of hydrogen-bond donors (Lipinski definition) is 1. The third kappa shape index (κ3) is 3.69. The minimum atomic E-state index is -0.511. The number of hydrogen-bond acceptors (Lipinski definition) is 5. The zero-order valence-corrected chi connectivity index (χ0v) is 15.8. The molecule has 4 rings (SSSR count). The topological polar surface area (TPSA) is 79.7 Å². The second-order valence-corrected chi connectivity index (χ2v) is 7.09. The molecule has 1 aromatic heterocycles. The van der Waals surface area contributed by atoms with E-state index in [4.69, 9.17) is 4.74 Å². The third-order valence-corrected chi connectivity index (χ3v) is 4.97. The summed E-state index contributed by atoms with van der Waals surface area (Å²) in [5, 5.41) is 10.0. The van der Waals surface area contributed by atoms with Gasteiger partial charge < -0.3 is 19.5 Å². The first-order valence-corrected chi connectivity index (χ1v) is 9.23. The highest BCUT2D eigenvalue weighted by molar-refractivity contribution is 5.99. The van der Waals surface area contributed by atoms with Crippen LogP contribution < -0.4 is 4.74 Å². The van der Waals surface area contributed by atoms with Crippen molar-refractivity contribution in [2.24, 2.45) is 0 Å². The molecule has 1 amide bonds. The number of carbonyl (C=O) groups excluding carboxylic acids is 2. The van der Waals surface area contributed by atoms with Gasteiger partial charge in [-0.2, -0.15) is 0 Å². The zero-order chi connectivity index (χ0) is 20.5. The van der Waals surface area contributed by atoms with Gasteiger partial charge in [-0.3, -0.25) is 9.78 Å². The fraction of sp³-hybridized carbons (Fsp3) is 0.227. The number of aryl methyl sites for hydroxylation is 1. The van der Waals surface area contributed by atoms with Crippen molar-refractivity contribution in [3.8, 4) is 11.5 Å². The van der Waals surface area contributed by atoms with E-state index in [0.29, 0.717) is 58.5 Å². The van der Waals surface area contributed by atoms with E-state index in [1.165, 1.54) is 6.07 Å². The summed E-state index contributed by atoms with van der Waals surface area (Å²) in [4.78, 5) is 29.1. The second-order valence-electron chi connectivity index (χ2n) is 7.09. The summed E-state index contributed by atoms with van der Waals surface area (Å²) in [7, 11) is 0. The Bertz CT molecular complexity index is 1110. The largest absolute Gasteiger partial charge is 0.456 e. The van der Waals surface area contributed by atoms with Crippen LogP contribution in [-0.2, 0) is 11.2 Å². The van der Waals surface area contributed by atoms with E-state index in [-0.39, 0.29) is 12.3 Å². The van der Waals surface area contributed by atoms with Gasteiger partial charge in [0.15, 0.2) is 0 Å². The Kier molecular flexibility index (Phi) is 4.98. The minimum absolute atomic E-state index is 0.00180. The molecule has 7 heteroatoms. The standard InChI is InChI=1S/C22H19FN2O4/c1-13-8-14(5-7-26)18(23)10-21(13)29-20-4-6-24-19-3-2-15(9-17(19)20)22(28)25-11-16(27)12-25/h2-4,6-10,16,27H,5,11-12H2,1H3. The Labute approximate surface area is 166 Å². The number of halogens is 1. The SMILES string of the molecule is Cc1cc(CC=O)c(F)cc1Oc1ccnc2ccc(C(=O)N3CC(O)C3)cc12. The highest BCUT2D eigenvalue weighted by atomic mass is 19.1. The second kappa shape index (κ2) is 7.60. The third-order valence-electron chi connectivity index (χ3n) is 4.97. The Morgan fingerprint density at radius 2 is 2.07 bits per heavy atom. The number of benzene rings is 2. The van der Waals surface area contributed by atoms with E-state index in [1.807, 2.05) is 0 Å². The summed E-state index contributed by atoms with van der Waals surface area (Å²) < 4.78 is 20.2. The van der Waals surface area contributed by atoms with Gasteiger partial charge in [0, 0.05) is 42.7 Å². The van der Waals surface area contributed by atoms with Crippen LogP contribution in [0, 0.1) is 12.7 Å². The van der Waals surface area contributed by atoms with Gasteiger partial charge in [-0.1, -0.05) is 0 Å². The zero-order valence-electron chi connectivity index (χ0n) is 15.8. The van der Waals surface area contributed by atoms with Gasteiger partial charge in [0.05, 0.1) is 11.6 Å². The van der Waals surface area contributed by atoms with Crippen molar-refractivity contribution in [1.29, 1.82) is 0 Å². The lowest BCUT2D eigenvalue weighted by atomic mass is 10.1. The molecule has 0 atom stereocenters. The summed E-state index contributed by atoms with van der Waals surface area (Å²) in [6.07, 6.45) is 1.77. The Hall–Kier alpha value is -3.32. The smallest absolute Gasteiger partial charge is 0.254 e. The van der Waals surface area contributed by atoms with Gasteiger partial charge in [-0.15, -0.1) is 0 Å². The van der Waals surface area contributed by atoms with Crippen molar-refractivity contribution in [2.75, 3.05) is 13.1 Å². The van der Waals surface area contributed by atoms with E-state index in [9.17, 15) is 19.1 Å². The molecule has 148 valence electrons. The molecule has 1 aliphatic rings. The highest BCUT2D eigenvalue weighted by Gasteiger charge is 2.29. The van der Waals surface area contributed by atoms with E-state index in [2.05, 4.69) is 4.98 Å². The number of aromatic nitrogens is 1. The average molecular weight is 394 g/mol. The summed E-state index contributed by atoms with van der Waals surface area (Å²) >= 11 is 0. The van der Waals surface area contributed by atoms with Crippen LogP contribution in [0.15, 0.2) is 42.6 Å². The van der Waals surface area contributed by atoms with Crippen molar-refractivity contribution in [3.05, 3.63) is 65.1 Å². The molecule has 0 saturated carbocycles. The van der Waals surface area contributed by atoms with Crippen LogP contribution in [0.1, 0.15) is 21.5 Å². The quantitative estimate of drug-likeness (QED) is 0.673. The van der Waals surface area contributed by atoms with E-state index >= 15 is 0 Å². The van der Waals surface area contributed by atoms with Crippen molar-refractivity contribution in [3.63, 3.8) is 0 Å². The molecule has 1 saturated heterocycles. The Balaban J connectivity index is 1.69. The molecule has 1 fully saturated rings. The first-order chi connectivity index (χ1) is 14.0. The monoisotopic (exact) mass is 394 g/mol. The van der Waals surface area contributed by atoms with E-state index in [0.717, 1.165) is 0 Å². The molecule has 0 aliphatic carbocycles. The van der Waals surface area contributed by atoms with Crippen LogP contribution in [0.25, 0.3) is 10.9 Å². The maximum absolute atomic E-state index is 14.2. The summed E-state index contributed by atoms with van der Waals surface area (Å²) in [6, 6.07) is 9.61. The van der Waals surface area contributed by atoms with Crippen LogP contribution >= 0.6 is 0 Å². The number of rotatable bonds is 5. The number of nitrogens with zero attached hydrogens (tertiary/aromatic N) is 2. The van der Waals surface area contributed by atoms with Crippen molar-refractivity contribution < 1.29 is 23.8 Å². The number of amides is 1. The summed E-state index contributed by atoms with van der Waals surface area (Å²) in [5.41, 5.74) is 2.11. The van der Waals surface area contributed by atoms with Gasteiger partial charge >= 0.3 is 0 Å². The summed E-state index contributed by atoms with van der Waals surface area (Å²) in [5.74, 6) is 0.0851. The minimum Gasteiger partial charge on any atom is -0.456 e. The lowest BCUT2D eigenvalue weighted by Crippen LogP contribution is -2.53. The summed E-state index contributed by atoms with van der Waals surface area (Å²) in [6.45, 7) is 2.41. The number of likely N-dealkylation sites (tertiary alicyclic amines) is 1. The van der Waals surface area contributed by atoms with Crippen LogP contribution in [-0.4, -0.2) is 46.4 Å². The van der Waals surface area contributed by atoms with Gasteiger partial charge in [-0.25, -0.2) is 4.39 Å². The Morgan fingerprint density at radius 3 is 2.79 bits per heavy atom. The first kappa shape index (κ1) is 19.0. The first-order valence-electron chi connectivity index (χ1n) is 9.23. The fourth-order valence-corrected chi connectivity index (χ4v) is 3.34. The number of fused-ring (bicyclic) bond motifs is 1. The van der Waals surface area contributed by atoms with Crippen molar-refractivity contribution >= 4 is 23.1 Å². The number of aldehydes is 1. The lowest BCUT2D eigenvalue weighted by Gasteiger charge is -2.35. The maximum Gasteiger partial charge on any atom is 0.254 e. The fourth-order valence-electron chi connectivity index (χ4n) is 3.34. The molecule has 3 aromatic rings. The number of ether oxygens (including phenoxy) is 1. The molecule has 2 heterocycles. The van der Waals surface area contributed by atoms with Crippen molar-refractivity contribution in [1.82, 2.24) is 9.88 Å². The molecule has 1 N–H and O–H groups in total. The molecular weight excluding hydrogens is 375 g/mol. The predicted molar refractivity (Wildman–Crippen MR) is 105 cm³/mol. The molecule has 0 spiro atoms. The van der Waals surface area contributed by atoms with Crippen LogP contribution in [0.5, 0.6) is 11.5 Å². The molecule has 2 aromatic carbocycles. The molecule has 0 radical (unpaired) electrons. The molecule has 1 aliphatic heterocycles.